The van der Waals surface area contributed by atoms with Crippen molar-refractivity contribution in [1.82, 2.24) is 9.13 Å². The van der Waals surface area contributed by atoms with Crippen LogP contribution in [-0.4, -0.2) is 80.1 Å². The van der Waals surface area contributed by atoms with Gasteiger partial charge in [0, 0.05) is 0 Å². The Morgan fingerprint density at radius 1 is 1.27 bits per heavy atom. The van der Waals surface area contributed by atoms with Crippen LogP contribution in [0.2, 0.25) is 0 Å². The monoisotopic (exact) mass is 376 g/mol. The topological polar surface area (TPSA) is 140 Å². The fourth-order valence-corrected chi connectivity index (χ4v) is 2.95. The molecule has 3 rings (SSSR count). The Morgan fingerprint density at radius 3 is 2.50 bits per heavy atom. The van der Waals surface area contributed by atoms with E-state index in [4.69, 9.17) is 14.6 Å². The Morgan fingerprint density at radius 2 is 1.92 bits per heavy atom. The highest BCUT2D eigenvalue weighted by Crippen LogP contribution is 2.24. The van der Waals surface area contributed by atoms with E-state index in [1.807, 2.05) is 0 Å². The number of quaternary nitrogens is 1. The minimum Gasteiger partial charge on any atom is -0.394 e. The molecule has 144 valence electrons. The number of rotatable bonds is 4. The minimum absolute atomic E-state index is 0.0898. The van der Waals surface area contributed by atoms with Gasteiger partial charge in [0.2, 0.25) is 17.8 Å². The first-order valence-corrected chi connectivity index (χ1v) is 7.93. The van der Waals surface area contributed by atoms with Gasteiger partial charge in [-0.3, -0.25) is 14.2 Å². The SMILES string of the molecule is O=C1C(O)C(CO)OC1n1cc(F)c(=O)n(C[N+]2(O)CCOCC2)c1=O. The van der Waals surface area contributed by atoms with Gasteiger partial charge in [-0.1, -0.05) is 0 Å². The molecule has 0 aromatic carbocycles. The number of carbonyl (C=O) groups is 1. The van der Waals surface area contributed by atoms with Gasteiger partial charge < -0.3 is 19.7 Å². The molecule has 0 bridgehead atoms. The van der Waals surface area contributed by atoms with Crippen LogP contribution in [0.1, 0.15) is 6.23 Å². The van der Waals surface area contributed by atoms with Gasteiger partial charge in [-0.2, -0.15) is 9.04 Å². The van der Waals surface area contributed by atoms with Crippen LogP contribution in [0.15, 0.2) is 15.8 Å². The summed E-state index contributed by atoms with van der Waals surface area (Å²) < 4.78 is 24.6. The van der Waals surface area contributed by atoms with E-state index >= 15 is 0 Å². The van der Waals surface area contributed by atoms with Crippen molar-refractivity contribution < 1.29 is 38.7 Å². The fraction of sp³-hybridized carbons (Fsp3) is 0.643. The number of Topliss-reactive ketones (excluding diaryl/α,β-unsaturated/α-hetero) is 1. The van der Waals surface area contributed by atoms with Crippen LogP contribution < -0.4 is 11.2 Å². The number of hydrogen-bond acceptors (Lipinski definition) is 8. The molecule has 0 aliphatic carbocycles. The van der Waals surface area contributed by atoms with Crippen molar-refractivity contribution in [3.05, 3.63) is 32.9 Å². The lowest BCUT2D eigenvalue weighted by molar-refractivity contribution is -1.12. The Balaban J connectivity index is 2.01. The van der Waals surface area contributed by atoms with E-state index in [0.29, 0.717) is 15.3 Å². The number of hydrogen-bond donors (Lipinski definition) is 3. The van der Waals surface area contributed by atoms with E-state index < -0.39 is 59.2 Å². The number of nitrogens with zero attached hydrogens (tertiary/aromatic N) is 3. The van der Waals surface area contributed by atoms with Crippen LogP contribution in [0.5, 0.6) is 0 Å². The molecule has 0 spiro atoms. The Hall–Kier alpha value is -1.96. The summed E-state index contributed by atoms with van der Waals surface area (Å²) >= 11 is 0. The second-order valence-electron chi connectivity index (χ2n) is 6.25. The fourth-order valence-electron chi connectivity index (χ4n) is 2.95. The summed E-state index contributed by atoms with van der Waals surface area (Å²) in [5, 5.41) is 29.2. The van der Waals surface area contributed by atoms with E-state index in [0.717, 1.165) is 0 Å². The molecule has 11 nitrogen and oxygen atoms in total. The molecule has 2 saturated heterocycles. The molecule has 2 aliphatic heterocycles. The highest BCUT2D eigenvalue weighted by molar-refractivity contribution is 5.87. The average molecular weight is 376 g/mol. The first-order chi connectivity index (χ1) is 12.3. The molecule has 0 amide bonds. The van der Waals surface area contributed by atoms with Gasteiger partial charge in [0.15, 0.2) is 6.67 Å². The van der Waals surface area contributed by atoms with Crippen LogP contribution in [0.3, 0.4) is 0 Å². The molecule has 12 heteroatoms. The highest BCUT2D eigenvalue weighted by Gasteiger charge is 2.44. The summed E-state index contributed by atoms with van der Waals surface area (Å²) in [7, 11) is 0. The summed E-state index contributed by atoms with van der Waals surface area (Å²) in [4.78, 5) is 36.7. The predicted octanol–water partition coefficient (Wildman–Crippen LogP) is -2.84. The summed E-state index contributed by atoms with van der Waals surface area (Å²) in [5.74, 6) is -2.28. The van der Waals surface area contributed by atoms with Gasteiger partial charge >= 0.3 is 5.69 Å². The van der Waals surface area contributed by atoms with Gasteiger partial charge in [-0.05, 0) is 0 Å². The van der Waals surface area contributed by atoms with Crippen molar-refractivity contribution >= 4 is 5.78 Å². The molecule has 3 unspecified atom stereocenters. The number of aliphatic hydroxyl groups is 2. The molecule has 2 fully saturated rings. The first kappa shape index (κ1) is 18.8. The largest absolute Gasteiger partial charge is 0.394 e. The summed E-state index contributed by atoms with van der Waals surface area (Å²) in [6, 6.07) is 0. The van der Waals surface area contributed by atoms with E-state index in [1.165, 1.54) is 0 Å². The Labute approximate surface area is 145 Å². The van der Waals surface area contributed by atoms with Crippen molar-refractivity contribution in [3.63, 3.8) is 0 Å². The van der Waals surface area contributed by atoms with Crippen molar-refractivity contribution in [3.8, 4) is 0 Å². The number of ether oxygens (including phenoxy) is 2. The first-order valence-electron chi connectivity index (χ1n) is 7.93. The highest BCUT2D eigenvalue weighted by atomic mass is 19.1. The van der Waals surface area contributed by atoms with Gasteiger partial charge in [0.1, 0.15) is 25.3 Å². The number of ketones is 1. The maximum Gasteiger partial charge on any atom is 0.338 e. The predicted molar refractivity (Wildman–Crippen MR) is 79.5 cm³/mol. The van der Waals surface area contributed by atoms with Gasteiger partial charge in [0.25, 0.3) is 5.56 Å². The second-order valence-corrected chi connectivity index (χ2v) is 6.25. The van der Waals surface area contributed by atoms with Crippen LogP contribution in [-0.2, 0) is 20.9 Å². The molecular weight excluding hydrogens is 357 g/mol. The summed E-state index contributed by atoms with van der Waals surface area (Å²) in [6.45, 7) is -0.644. The maximum atomic E-state index is 14.1. The number of carbonyl (C=O) groups excluding carboxylic acids is 1. The molecule has 1 aromatic heterocycles. The average Bonchev–Trinajstić information content (AvgIpc) is 2.90. The van der Waals surface area contributed by atoms with Crippen molar-refractivity contribution in [2.75, 3.05) is 32.9 Å². The number of hydroxylamine groups is 3. The maximum absolute atomic E-state index is 14.1. The quantitative estimate of drug-likeness (QED) is 0.478. The molecule has 3 atom stereocenters. The zero-order chi connectivity index (χ0) is 19.1. The molecule has 1 aromatic rings. The Kier molecular flexibility index (Phi) is 5.05. The van der Waals surface area contributed by atoms with E-state index in [1.54, 1.807) is 0 Å². The van der Waals surface area contributed by atoms with Crippen molar-refractivity contribution in [2.45, 2.75) is 25.1 Å². The zero-order valence-electron chi connectivity index (χ0n) is 13.7. The number of aliphatic hydroxyl groups excluding tert-OH is 2. The van der Waals surface area contributed by atoms with Gasteiger partial charge in [-0.25, -0.2) is 14.6 Å². The molecule has 0 radical (unpaired) electrons. The van der Waals surface area contributed by atoms with E-state index in [-0.39, 0.29) is 26.3 Å². The lowest BCUT2D eigenvalue weighted by atomic mass is 10.1. The number of aromatic nitrogens is 2. The molecule has 3 heterocycles. The third-order valence-corrected chi connectivity index (χ3v) is 4.49. The molecule has 26 heavy (non-hydrogen) atoms. The lowest BCUT2D eigenvalue weighted by Gasteiger charge is -2.33. The number of morpholine rings is 1. The van der Waals surface area contributed by atoms with Crippen LogP contribution in [0, 0.1) is 5.82 Å². The van der Waals surface area contributed by atoms with E-state index in [9.17, 15) is 29.1 Å². The standard InChI is InChI=1S/C14H19FN3O8/c15-8-5-16(13-11(21)10(20)9(6-19)26-13)14(23)17(12(8)22)7-18(24)1-3-25-4-2-18/h5,9-10,13,19-20,24H,1-4,6-7H2/q+1. The summed E-state index contributed by atoms with van der Waals surface area (Å²) in [6.07, 6.45) is -4.13. The number of halogens is 1. The molecule has 0 saturated carbocycles. The normalized spacial score (nSPS) is 28.5. The molecule has 2 aliphatic rings. The minimum atomic E-state index is -1.69. The van der Waals surface area contributed by atoms with E-state index in [2.05, 4.69) is 0 Å². The molecular formula is C14H19FN3O8+. The lowest BCUT2D eigenvalue weighted by Crippen LogP contribution is -2.57. The third kappa shape index (κ3) is 3.22. The zero-order valence-corrected chi connectivity index (χ0v) is 13.7. The van der Waals surface area contributed by atoms with Crippen LogP contribution >= 0.6 is 0 Å². The van der Waals surface area contributed by atoms with Gasteiger partial charge in [-0.15, -0.1) is 0 Å². The van der Waals surface area contributed by atoms with Gasteiger partial charge in [0.05, 0.1) is 26.0 Å². The molecule has 3 N–H and O–H groups in total. The van der Waals surface area contributed by atoms with Crippen molar-refractivity contribution in [1.29, 1.82) is 0 Å². The van der Waals surface area contributed by atoms with Crippen molar-refractivity contribution in [2.24, 2.45) is 0 Å². The second kappa shape index (κ2) is 6.98. The smallest absolute Gasteiger partial charge is 0.338 e. The third-order valence-electron chi connectivity index (χ3n) is 4.49. The van der Waals surface area contributed by atoms with Crippen LogP contribution in [0.25, 0.3) is 0 Å². The summed E-state index contributed by atoms with van der Waals surface area (Å²) in [5.41, 5.74) is -2.34. The Bertz CT molecular complexity index is 815. The van der Waals surface area contributed by atoms with Crippen LogP contribution in [0.4, 0.5) is 4.39 Å².